The van der Waals surface area contributed by atoms with Gasteiger partial charge in [-0.25, -0.2) is 18.4 Å². The van der Waals surface area contributed by atoms with Gasteiger partial charge in [-0.3, -0.25) is 0 Å². The fraction of sp³-hybridized carbons (Fsp3) is 0.235. The summed E-state index contributed by atoms with van der Waals surface area (Å²) in [5, 5.41) is 93.8. The zero-order valence-corrected chi connectivity index (χ0v) is 17.6. The molecule has 2 radical (unpaired) electrons. The molecule has 17 heteroatoms. The third-order valence-corrected chi connectivity index (χ3v) is 5.28. The van der Waals surface area contributed by atoms with E-state index in [1.54, 1.807) is 6.07 Å². The number of aromatic carboxylic acids is 1. The average Bonchev–Trinajstić information content (AvgIpc) is 2.67. The Morgan fingerprint density at radius 1 is 0.941 bits per heavy atom. The number of carbonyl (C=O) groups is 1. The molecule has 0 aliphatic carbocycles. The Bertz CT molecular complexity index is 1180. The first-order chi connectivity index (χ1) is 15.2. The van der Waals surface area contributed by atoms with E-state index in [1.165, 1.54) is 29.6 Å². The zero-order valence-electron chi connectivity index (χ0n) is 16.8. The Kier molecular flexibility index (Phi) is 7.05. The summed E-state index contributed by atoms with van der Waals surface area (Å²) >= 11 is 0. The van der Waals surface area contributed by atoms with E-state index < -0.39 is 61.1 Å². The molecule has 12 N–H and O–H groups in total. The van der Waals surface area contributed by atoms with Gasteiger partial charge in [0.1, 0.15) is 10.6 Å². The van der Waals surface area contributed by atoms with Crippen LogP contribution in [0.4, 0.5) is 5.69 Å². The second-order valence-corrected chi connectivity index (χ2v) is 8.51. The third-order valence-electron chi connectivity index (χ3n) is 4.37. The van der Waals surface area contributed by atoms with E-state index in [-0.39, 0.29) is 5.75 Å². The lowest BCUT2D eigenvalue weighted by molar-refractivity contribution is -0.485. The van der Waals surface area contributed by atoms with E-state index in [1.807, 2.05) is 0 Å². The van der Waals surface area contributed by atoms with Gasteiger partial charge in [0.05, 0.1) is 11.3 Å². The fourth-order valence-electron chi connectivity index (χ4n) is 2.52. The van der Waals surface area contributed by atoms with Crippen LogP contribution in [-0.2, 0) is 10.0 Å². The van der Waals surface area contributed by atoms with Gasteiger partial charge in [-0.1, -0.05) is 18.2 Å². The number of hydrogen-bond acceptors (Lipinski definition) is 13. The number of carboxylic acids is 1. The minimum atomic E-state index is -4.79. The number of sulfonamides is 1. The number of ether oxygens (including phenoxy) is 1. The molecule has 0 bridgehead atoms. The first-order valence-electron chi connectivity index (χ1n) is 8.75. The van der Waals surface area contributed by atoms with Crippen molar-refractivity contribution < 1.29 is 63.9 Å². The molecule has 0 amide bonds. The van der Waals surface area contributed by atoms with Gasteiger partial charge in [-0.15, -0.1) is 0 Å². The number of benzene rings is 2. The summed E-state index contributed by atoms with van der Waals surface area (Å²) in [6, 6.07) is 8.07. The number of primary sulfonamides is 1. The molecule has 0 atom stereocenters. The summed E-state index contributed by atoms with van der Waals surface area (Å²) in [6.07, 6.45) is 0. The monoisotopic (exact) mass is 502 g/mol. The summed E-state index contributed by atoms with van der Waals surface area (Å²) in [6.45, 7) is 0. The van der Waals surface area contributed by atoms with E-state index in [9.17, 15) is 59.2 Å². The smallest absolute Gasteiger partial charge is 0.335 e. The van der Waals surface area contributed by atoms with Crippen LogP contribution in [0.2, 0.25) is 0 Å². The quantitative estimate of drug-likeness (QED) is 0.115. The Balaban J connectivity index is 2.78. The number of hydrogen-bond donors (Lipinski definition) is 11. The number of carboxylic acid groups (broad SMARTS) is 1. The van der Waals surface area contributed by atoms with E-state index >= 15 is 0 Å². The number of nitrogens with two attached hydrogens (primary N) is 1. The molecule has 0 heterocycles. The largest absolute Gasteiger partial charge is 0.478 e. The van der Waals surface area contributed by atoms with E-state index in [0.29, 0.717) is 12.1 Å². The summed E-state index contributed by atoms with van der Waals surface area (Å²) in [4.78, 5) is 10.4. The minimum Gasteiger partial charge on any atom is -0.478 e. The highest BCUT2D eigenvalue weighted by Gasteiger charge is 2.68. The van der Waals surface area contributed by atoms with Crippen molar-refractivity contribution in [2.75, 3.05) is 5.32 Å². The predicted molar refractivity (Wildman–Crippen MR) is 109 cm³/mol. The van der Waals surface area contributed by atoms with Crippen molar-refractivity contribution in [2.24, 2.45) is 5.14 Å². The lowest BCUT2D eigenvalue weighted by Crippen LogP contribution is -2.78. The second-order valence-electron chi connectivity index (χ2n) is 6.98. The van der Waals surface area contributed by atoms with Crippen LogP contribution in [0.1, 0.15) is 10.4 Å². The second kappa shape index (κ2) is 8.75. The van der Waals surface area contributed by atoms with Crippen molar-refractivity contribution in [3.05, 3.63) is 48.0 Å². The van der Waals surface area contributed by atoms with Gasteiger partial charge < -0.3 is 56.0 Å². The predicted octanol–water partition coefficient (Wildman–Crippen LogP) is -3.96. The molecule has 15 nitrogen and oxygen atoms in total. The molecule has 2 aromatic rings. The minimum absolute atomic E-state index is 0.0929. The molecule has 0 aromatic heterocycles. The van der Waals surface area contributed by atoms with Gasteiger partial charge in [0, 0.05) is 0 Å². The Hall–Kier alpha value is -2.84. The molecule has 2 rings (SSSR count). The molecule has 0 unspecified atom stereocenters. The van der Waals surface area contributed by atoms with Crippen LogP contribution >= 0.6 is 0 Å². The number of nitrogens with one attached hydrogen (secondary N) is 1. The van der Waals surface area contributed by atoms with Gasteiger partial charge in [0.2, 0.25) is 10.0 Å². The molecule has 0 aliphatic rings. The maximum Gasteiger partial charge on any atom is 0.335 e. The molecule has 0 fully saturated rings. The standard InChI is InChI=1S/C17H19BN2O13S/c18-16(27,28)14(23,24)15(25,26)17(29,30)20-10-6-8(13(21)22)7-11(34(19,31)32)12(10)33-9-4-2-1-3-5-9/h1-7,20,23-30H,(H,21,22)(H2,19,31,32). The molecular weight excluding hydrogens is 483 g/mol. The molecule has 184 valence electrons. The normalized spacial score (nSPS) is 13.4. The first-order valence-corrected chi connectivity index (χ1v) is 10.3. The first kappa shape index (κ1) is 27.4. The van der Waals surface area contributed by atoms with Crippen molar-refractivity contribution >= 4 is 29.5 Å². The highest BCUT2D eigenvalue weighted by Crippen LogP contribution is 2.41. The van der Waals surface area contributed by atoms with Crippen molar-refractivity contribution in [3.8, 4) is 11.5 Å². The van der Waals surface area contributed by atoms with E-state index in [2.05, 4.69) is 7.85 Å². The highest BCUT2D eigenvalue weighted by atomic mass is 32.2. The number of rotatable bonds is 9. The van der Waals surface area contributed by atoms with Gasteiger partial charge in [0.25, 0.3) is 5.79 Å². The summed E-state index contributed by atoms with van der Waals surface area (Å²) < 4.78 is 29.6. The lowest BCUT2D eigenvalue weighted by Gasteiger charge is -2.46. The molecule has 0 aliphatic heterocycles. The molecule has 2 aromatic carbocycles. The Morgan fingerprint density at radius 2 is 1.47 bits per heavy atom. The average molecular weight is 502 g/mol. The van der Waals surface area contributed by atoms with Crippen LogP contribution in [0, 0.1) is 0 Å². The maximum absolute atomic E-state index is 12.1. The van der Waals surface area contributed by atoms with Crippen LogP contribution in [0.3, 0.4) is 0 Å². The molecule has 0 spiro atoms. The Morgan fingerprint density at radius 3 is 1.91 bits per heavy atom. The van der Waals surface area contributed by atoms with Crippen molar-refractivity contribution in [1.82, 2.24) is 0 Å². The van der Waals surface area contributed by atoms with E-state index in [4.69, 9.17) is 9.88 Å². The lowest BCUT2D eigenvalue weighted by atomic mass is 9.80. The summed E-state index contributed by atoms with van der Waals surface area (Å²) in [7, 11) is -0.181. The summed E-state index contributed by atoms with van der Waals surface area (Å²) in [5.74, 6) is -16.6. The van der Waals surface area contributed by atoms with Crippen LogP contribution in [0.25, 0.3) is 0 Å². The number of para-hydroxylation sites is 1. The number of anilines is 1. The molecular formula is C17H19BN2O13S. The van der Waals surface area contributed by atoms with Gasteiger partial charge >= 0.3 is 17.7 Å². The maximum atomic E-state index is 12.1. The van der Waals surface area contributed by atoms with Crippen LogP contribution in [0.5, 0.6) is 11.5 Å². The summed E-state index contributed by atoms with van der Waals surface area (Å²) in [5.41, 5.74) is -6.13. The molecule has 0 saturated heterocycles. The topological polar surface area (TPSA) is 281 Å². The number of aliphatic hydroxyl groups is 8. The van der Waals surface area contributed by atoms with E-state index in [0.717, 1.165) is 0 Å². The zero-order chi connectivity index (χ0) is 26.3. The van der Waals surface area contributed by atoms with Crippen LogP contribution in [-0.4, -0.2) is 91.4 Å². The van der Waals surface area contributed by atoms with Crippen molar-refractivity contribution in [1.29, 1.82) is 0 Å². The fourth-order valence-corrected chi connectivity index (χ4v) is 3.22. The van der Waals surface area contributed by atoms with Gasteiger partial charge in [-0.2, -0.15) is 0 Å². The third kappa shape index (κ3) is 5.13. The van der Waals surface area contributed by atoms with Gasteiger partial charge in [0.15, 0.2) is 19.3 Å². The molecule has 34 heavy (non-hydrogen) atoms. The highest BCUT2D eigenvalue weighted by molar-refractivity contribution is 7.89. The SMILES string of the molecule is [B]C(O)(O)C(O)(O)C(O)(O)C(O)(O)Nc1cc(C(=O)O)cc(S(N)(=O)=O)c1Oc1ccccc1. The van der Waals surface area contributed by atoms with Crippen molar-refractivity contribution in [2.45, 2.75) is 28.1 Å². The molecule has 0 saturated carbocycles. The van der Waals surface area contributed by atoms with Crippen molar-refractivity contribution in [3.63, 3.8) is 0 Å². The van der Waals surface area contributed by atoms with Crippen LogP contribution in [0.15, 0.2) is 47.4 Å². The van der Waals surface area contributed by atoms with Gasteiger partial charge in [-0.05, 0) is 24.3 Å². The van der Waals surface area contributed by atoms with Crippen LogP contribution < -0.4 is 15.2 Å². The Labute approximate surface area is 192 Å².